The molecule has 0 saturated carbocycles. The van der Waals surface area contributed by atoms with Gasteiger partial charge in [0.2, 0.25) is 0 Å². The molecule has 0 spiro atoms. The van der Waals surface area contributed by atoms with E-state index >= 15 is 0 Å². The monoisotopic (exact) mass is 266 g/mol. The molecule has 6 nitrogen and oxygen atoms in total. The lowest BCUT2D eigenvalue weighted by atomic mass is 10.2. The predicted octanol–water partition coefficient (Wildman–Crippen LogP) is 1.69. The number of carbonyl (C=O) groups is 1. The van der Waals surface area contributed by atoms with Gasteiger partial charge >= 0.3 is 6.09 Å². The second-order valence-corrected chi connectivity index (χ2v) is 4.97. The van der Waals surface area contributed by atoms with Gasteiger partial charge in [-0.05, 0) is 19.1 Å². The number of rotatable bonds is 4. The highest BCUT2D eigenvalue weighted by Gasteiger charge is 2.06. The maximum absolute atomic E-state index is 10.4. The van der Waals surface area contributed by atoms with Crippen LogP contribution >= 0.6 is 11.3 Å². The molecule has 1 aromatic heterocycles. The van der Waals surface area contributed by atoms with E-state index in [1.54, 1.807) is 11.3 Å². The number of benzene rings is 1. The highest BCUT2D eigenvalue weighted by molar-refractivity contribution is 7.18. The van der Waals surface area contributed by atoms with Crippen LogP contribution in [0.5, 0.6) is 0 Å². The Morgan fingerprint density at radius 1 is 1.56 bits per heavy atom. The third-order valence-electron chi connectivity index (χ3n) is 2.33. The molecule has 5 N–H and O–H groups in total. The Kier molecular flexibility index (Phi) is 3.52. The lowest BCUT2D eigenvalue weighted by Crippen LogP contribution is -2.18. The van der Waals surface area contributed by atoms with Crippen LogP contribution < -0.4 is 16.8 Å². The van der Waals surface area contributed by atoms with Crippen LogP contribution in [0.3, 0.4) is 0 Å². The van der Waals surface area contributed by atoms with Crippen LogP contribution in [0.25, 0.3) is 10.2 Å². The second kappa shape index (κ2) is 5.09. The number of thiazole rings is 1. The number of nitrogen functional groups attached to an aromatic ring is 1. The van der Waals surface area contributed by atoms with Gasteiger partial charge in [-0.2, -0.15) is 0 Å². The fourth-order valence-electron chi connectivity index (χ4n) is 1.60. The summed E-state index contributed by atoms with van der Waals surface area (Å²) in [5.74, 6) is 0. The van der Waals surface area contributed by atoms with Crippen LogP contribution in [-0.4, -0.2) is 24.2 Å². The van der Waals surface area contributed by atoms with Crippen LogP contribution in [0.2, 0.25) is 0 Å². The summed E-state index contributed by atoms with van der Waals surface area (Å²) in [6.45, 7) is 2.60. The zero-order valence-corrected chi connectivity index (χ0v) is 10.7. The van der Waals surface area contributed by atoms with Crippen molar-refractivity contribution < 1.29 is 9.53 Å². The molecule has 1 amide bonds. The number of fused-ring (bicyclic) bond motifs is 1. The number of anilines is 2. The molecule has 0 saturated heterocycles. The molecule has 0 aliphatic heterocycles. The van der Waals surface area contributed by atoms with E-state index in [0.29, 0.717) is 12.2 Å². The summed E-state index contributed by atoms with van der Waals surface area (Å²) in [7, 11) is 0. The number of nitrogens with zero attached hydrogens (tertiary/aromatic N) is 1. The Balaban J connectivity index is 2.07. The van der Waals surface area contributed by atoms with E-state index in [-0.39, 0.29) is 6.61 Å². The van der Waals surface area contributed by atoms with Crippen molar-refractivity contribution in [3.05, 3.63) is 17.1 Å². The zero-order valence-electron chi connectivity index (χ0n) is 9.90. The second-order valence-electron chi connectivity index (χ2n) is 3.73. The molecule has 2 aromatic rings. The fourth-order valence-corrected chi connectivity index (χ4v) is 2.45. The van der Waals surface area contributed by atoms with Crippen molar-refractivity contribution in [2.75, 3.05) is 24.2 Å². The van der Waals surface area contributed by atoms with Crippen molar-refractivity contribution in [1.29, 1.82) is 0 Å². The van der Waals surface area contributed by atoms with Gasteiger partial charge in [0.15, 0.2) is 0 Å². The number of ether oxygens (including phenoxy) is 1. The molecule has 1 heterocycles. The van der Waals surface area contributed by atoms with Crippen LogP contribution in [0.1, 0.15) is 5.01 Å². The number of aryl methyl sites for hydroxylation is 1. The lowest BCUT2D eigenvalue weighted by Gasteiger charge is -2.09. The first-order valence-corrected chi connectivity index (χ1v) is 6.20. The van der Waals surface area contributed by atoms with Crippen LogP contribution in [0, 0.1) is 6.92 Å². The van der Waals surface area contributed by atoms with Crippen molar-refractivity contribution in [2.24, 2.45) is 5.73 Å². The smallest absolute Gasteiger partial charge is 0.404 e. The average Bonchev–Trinajstić information content (AvgIpc) is 2.63. The summed E-state index contributed by atoms with van der Waals surface area (Å²) in [5, 5.41) is 4.08. The fraction of sp³-hybridized carbons (Fsp3) is 0.273. The minimum atomic E-state index is -0.782. The minimum Gasteiger partial charge on any atom is -0.448 e. The molecular weight excluding hydrogens is 252 g/mol. The highest BCUT2D eigenvalue weighted by atomic mass is 32.1. The maximum atomic E-state index is 10.4. The Hall–Kier alpha value is -2.02. The van der Waals surface area contributed by atoms with E-state index in [0.717, 1.165) is 20.9 Å². The van der Waals surface area contributed by atoms with Gasteiger partial charge in [0.25, 0.3) is 0 Å². The summed E-state index contributed by atoms with van der Waals surface area (Å²) < 4.78 is 5.68. The van der Waals surface area contributed by atoms with Crippen molar-refractivity contribution in [2.45, 2.75) is 6.92 Å². The molecule has 0 bridgehead atoms. The number of amides is 1. The number of nitrogens with two attached hydrogens (primary N) is 2. The summed E-state index contributed by atoms with van der Waals surface area (Å²) >= 11 is 1.60. The van der Waals surface area contributed by atoms with Crippen molar-refractivity contribution >= 4 is 39.0 Å². The van der Waals surface area contributed by atoms with Gasteiger partial charge < -0.3 is 21.5 Å². The van der Waals surface area contributed by atoms with Gasteiger partial charge in [0.05, 0.1) is 26.6 Å². The van der Waals surface area contributed by atoms with E-state index < -0.39 is 6.09 Å². The molecule has 0 unspecified atom stereocenters. The minimum absolute atomic E-state index is 0.197. The third kappa shape index (κ3) is 2.80. The Morgan fingerprint density at radius 2 is 2.33 bits per heavy atom. The Morgan fingerprint density at radius 3 is 3.06 bits per heavy atom. The van der Waals surface area contributed by atoms with Gasteiger partial charge in [-0.15, -0.1) is 11.3 Å². The molecular formula is C11H14N4O2S. The number of hydrogen-bond donors (Lipinski definition) is 3. The van der Waals surface area contributed by atoms with Crippen molar-refractivity contribution in [3.63, 3.8) is 0 Å². The number of nitrogens with one attached hydrogen (secondary N) is 1. The summed E-state index contributed by atoms with van der Waals surface area (Å²) in [4.78, 5) is 14.8. The topological polar surface area (TPSA) is 103 Å². The highest BCUT2D eigenvalue weighted by Crippen LogP contribution is 2.29. The number of hydrogen-bond acceptors (Lipinski definition) is 6. The molecule has 0 fully saturated rings. The van der Waals surface area contributed by atoms with E-state index in [2.05, 4.69) is 15.0 Å². The van der Waals surface area contributed by atoms with Gasteiger partial charge in [0.1, 0.15) is 6.61 Å². The lowest BCUT2D eigenvalue weighted by molar-refractivity contribution is 0.161. The maximum Gasteiger partial charge on any atom is 0.404 e. The first kappa shape index (κ1) is 12.4. The SMILES string of the molecule is Cc1nc2cc(NCCOC(N)=O)c(N)cc2s1. The van der Waals surface area contributed by atoms with Crippen LogP contribution in [0.4, 0.5) is 16.2 Å². The first-order chi connectivity index (χ1) is 8.56. The summed E-state index contributed by atoms with van der Waals surface area (Å²) in [6.07, 6.45) is -0.782. The quantitative estimate of drug-likeness (QED) is 0.577. The zero-order chi connectivity index (χ0) is 13.1. The van der Waals surface area contributed by atoms with Gasteiger partial charge in [-0.1, -0.05) is 0 Å². The van der Waals surface area contributed by atoms with E-state index in [1.165, 1.54) is 0 Å². The Bertz CT molecular complexity index is 582. The van der Waals surface area contributed by atoms with Crippen molar-refractivity contribution in [1.82, 2.24) is 4.98 Å². The molecule has 18 heavy (non-hydrogen) atoms. The Labute approximate surface area is 108 Å². The summed E-state index contributed by atoms with van der Waals surface area (Å²) in [5.41, 5.74) is 13.1. The number of aromatic nitrogens is 1. The molecule has 0 radical (unpaired) electrons. The van der Waals surface area contributed by atoms with E-state index in [1.807, 2.05) is 19.1 Å². The predicted molar refractivity (Wildman–Crippen MR) is 72.8 cm³/mol. The molecule has 1 aromatic carbocycles. The van der Waals surface area contributed by atoms with E-state index in [9.17, 15) is 4.79 Å². The molecule has 7 heteroatoms. The van der Waals surface area contributed by atoms with Crippen molar-refractivity contribution in [3.8, 4) is 0 Å². The molecule has 0 aliphatic carbocycles. The third-order valence-corrected chi connectivity index (χ3v) is 3.26. The average molecular weight is 266 g/mol. The standard InChI is InChI=1S/C11H14N4O2S/c1-6-15-9-5-8(7(12)4-10(9)18-6)14-2-3-17-11(13)16/h4-5,14H,2-3,12H2,1H3,(H2,13,16). The van der Waals surface area contributed by atoms with Gasteiger partial charge in [-0.25, -0.2) is 9.78 Å². The molecule has 0 aliphatic rings. The van der Waals surface area contributed by atoms with Crippen LogP contribution in [-0.2, 0) is 4.74 Å². The van der Waals surface area contributed by atoms with Crippen LogP contribution in [0.15, 0.2) is 12.1 Å². The number of carbonyl (C=O) groups excluding carboxylic acids is 1. The molecule has 0 atom stereocenters. The molecule has 96 valence electrons. The molecule has 2 rings (SSSR count). The number of primary amides is 1. The largest absolute Gasteiger partial charge is 0.448 e. The van der Waals surface area contributed by atoms with E-state index in [4.69, 9.17) is 11.5 Å². The van der Waals surface area contributed by atoms with Gasteiger partial charge in [0, 0.05) is 6.54 Å². The normalized spacial score (nSPS) is 10.5. The van der Waals surface area contributed by atoms with Gasteiger partial charge in [-0.3, -0.25) is 0 Å². The first-order valence-electron chi connectivity index (χ1n) is 5.39. The summed E-state index contributed by atoms with van der Waals surface area (Å²) in [6, 6.07) is 3.77.